The van der Waals surface area contributed by atoms with E-state index in [1.165, 1.54) is 0 Å². The smallest absolute Gasteiger partial charge is 0.251 e. The molecule has 28 heavy (non-hydrogen) atoms. The molecular weight excluding hydrogens is 356 g/mol. The first-order valence-electron chi connectivity index (χ1n) is 9.54. The van der Waals surface area contributed by atoms with Gasteiger partial charge < -0.3 is 19.1 Å². The highest BCUT2D eigenvalue weighted by molar-refractivity contribution is 5.52. The van der Waals surface area contributed by atoms with Gasteiger partial charge in [0.25, 0.3) is 5.56 Å². The van der Waals surface area contributed by atoms with Gasteiger partial charge in [0, 0.05) is 56.1 Å². The molecule has 0 saturated carbocycles. The molecule has 144 valence electrons. The Kier molecular flexibility index (Phi) is 4.01. The topological polar surface area (TPSA) is 89.1 Å². The molecule has 3 atom stereocenters. The number of piperidine rings is 1. The molecule has 2 bridgehead atoms. The molecule has 0 aliphatic carbocycles. The average Bonchev–Trinajstić information content (AvgIpc) is 3.15. The van der Waals surface area contributed by atoms with E-state index in [1.54, 1.807) is 16.8 Å². The third-order valence-corrected chi connectivity index (χ3v) is 6.01. The van der Waals surface area contributed by atoms with Crippen LogP contribution in [0.1, 0.15) is 24.1 Å². The van der Waals surface area contributed by atoms with Crippen molar-refractivity contribution in [3.63, 3.8) is 0 Å². The van der Waals surface area contributed by atoms with Gasteiger partial charge in [0.2, 0.25) is 0 Å². The van der Waals surface area contributed by atoms with Gasteiger partial charge >= 0.3 is 0 Å². The van der Waals surface area contributed by atoms with Crippen LogP contribution in [0.4, 0.5) is 5.82 Å². The molecule has 2 aliphatic rings. The minimum Gasteiger partial charge on any atom is -0.394 e. The number of fused-ring (bicyclic) bond motifs is 4. The summed E-state index contributed by atoms with van der Waals surface area (Å²) >= 11 is 0. The van der Waals surface area contributed by atoms with Gasteiger partial charge in [-0.3, -0.25) is 4.79 Å². The number of anilines is 1. The van der Waals surface area contributed by atoms with Crippen LogP contribution in [0.15, 0.2) is 47.5 Å². The van der Waals surface area contributed by atoms with Gasteiger partial charge in [0.1, 0.15) is 5.69 Å². The second kappa shape index (κ2) is 6.56. The van der Waals surface area contributed by atoms with Crippen molar-refractivity contribution in [2.75, 3.05) is 24.6 Å². The molecule has 0 amide bonds. The lowest BCUT2D eigenvalue weighted by atomic mass is 9.78. The number of pyridine rings is 1. The Labute approximate surface area is 162 Å². The number of aliphatic hydroxyl groups excluding tert-OH is 1. The predicted octanol–water partition coefficient (Wildman–Crippen LogP) is 1.20. The molecule has 0 spiro atoms. The van der Waals surface area contributed by atoms with Gasteiger partial charge in [-0.05, 0) is 24.6 Å². The summed E-state index contributed by atoms with van der Waals surface area (Å²) in [6.07, 6.45) is 4.60. The van der Waals surface area contributed by atoms with Gasteiger partial charge in [-0.2, -0.15) is 0 Å². The number of aryl methyl sites for hydroxylation is 1. The molecule has 2 aliphatic heterocycles. The van der Waals surface area contributed by atoms with Crippen LogP contribution in [0.5, 0.6) is 0 Å². The Morgan fingerprint density at radius 3 is 2.79 bits per heavy atom. The zero-order chi connectivity index (χ0) is 19.3. The standard InChI is InChI=1S/C20H22N6O2/c1-24-8-7-21-20(24)15-5-6-18(23-22-15)25-10-13-9-14(11-25)17(12-27)26-16(13)3-2-4-19(26)28/h2-8,13-14,17,27H,9-12H2,1H3/t13-,14+,17+/m1/s1. The van der Waals surface area contributed by atoms with Gasteiger partial charge in [-0.1, -0.05) is 6.07 Å². The van der Waals surface area contributed by atoms with E-state index in [0.29, 0.717) is 0 Å². The van der Waals surface area contributed by atoms with Crippen LogP contribution >= 0.6 is 0 Å². The van der Waals surface area contributed by atoms with Gasteiger partial charge in [0.05, 0.1) is 12.6 Å². The SMILES string of the molecule is Cn1ccnc1-c1ccc(N2C[C@H]3C[C@@H](C2)[C@H](CO)n2c3cccc2=O)nn1. The highest BCUT2D eigenvalue weighted by Gasteiger charge is 2.40. The Hall–Kier alpha value is -3.00. The fourth-order valence-electron chi connectivity index (χ4n) is 4.69. The number of nitrogens with zero attached hydrogens (tertiary/aromatic N) is 6. The van der Waals surface area contributed by atoms with Crippen LogP contribution in [0.25, 0.3) is 11.5 Å². The van der Waals surface area contributed by atoms with Crippen LogP contribution < -0.4 is 10.5 Å². The van der Waals surface area contributed by atoms with Crippen molar-refractivity contribution < 1.29 is 5.11 Å². The normalized spacial score (nSPS) is 23.5. The second-order valence-electron chi connectivity index (χ2n) is 7.65. The lowest BCUT2D eigenvalue weighted by molar-refractivity contribution is 0.132. The van der Waals surface area contributed by atoms with E-state index in [0.717, 1.165) is 42.5 Å². The molecule has 0 aromatic carbocycles. The maximum absolute atomic E-state index is 12.4. The summed E-state index contributed by atoms with van der Waals surface area (Å²) in [7, 11) is 1.93. The third kappa shape index (κ3) is 2.63. The number of hydrogen-bond donors (Lipinski definition) is 1. The quantitative estimate of drug-likeness (QED) is 0.737. The zero-order valence-corrected chi connectivity index (χ0v) is 15.6. The maximum Gasteiger partial charge on any atom is 0.251 e. The summed E-state index contributed by atoms with van der Waals surface area (Å²) in [4.78, 5) is 18.9. The second-order valence-corrected chi connectivity index (χ2v) is 7.65. The van der Waals surface area contributed by atoms with E-state index in [4.69, 9.17) is 0 Å². The van der Waals surface area contributed by atoms with Crippen molar-refractivity contribution >= 4 is 5.82 Å². The molecule has 1 fully saturated rings. The summed E-state index contributed by atoms with van der Waals surface area (Å²) in [5, 5.41) is 18.8. The van der Waals surface area contributed by atoms with Crippen molar-refractivity contribution in [1.82, 2.24) is 24.3 Å². The predicted molar refractivity (Wildman–Crippen MR) is 104 cm³/mol. The minimum atomic E-state index is -0.192. The van der Waals surface area contributed by atoms with Gasteiger partial charge in [-0.25, -0.2) is 4.98 Å². The number of imidazole rings is 1. The molecular formula is C20H22N6O2. The van der Waals surface area contributed by atoms with Crippen molar-refractivity contribution in [3.05, 3.63) is 58.8 Å². The average molecular weight is 378 g/mol. The molecule has 8 heteroatoms. The number of aromatic nitrogens is 5. The Morgan fingerprint density at radius 2 is 2.07 bits per heavy atom. The Balaban J connectivity index is 1.46. The maximum atomic E-state index is 12.4. The van der Waals surface area contributed by atoms with E-state index in [1.807, 2.05) is 42.1 Å². The van der Waals surface area contributed by atoms with Crippen LogP contribution in [0, 0.1) is 5.92 Å². The van der Waals surface area contributed by atoms with Crippen LogP contribution in [-0.2, 0) is 7.05 Å². The largest absolute Gasteiger partial charge is 0.394 e. The Bertz CT molecular complexity index is 1060. The highest BCUT2D eigenvalue weighted by Crippen LogP contribution is 2.41. The Morgan fingerprint density at radius 1 is 1.18 bits per heavy atom. The van der Waals surface area contributed by atoms with E-state index >= 15 is 0 Å². The van der Waals surface area contributed by atoms with Crippen molar-refractivity contribution in [1.29, 1.82) is 0 Å². The first-order valence-corrected chi connectivity index (χ1v) is 9.54. The molecule has 1 N–H and O–H groups in total. The summed E-state index contributed by atoms with van der Waals surface area (Å²) < 4.78 is 3.71. The molecule has 5 heterocycles. The molecule has 0 unspecified atom stereocenters. The van der Waals surface area contributed by atoms with E-state index in [9.17, 15) is 9.90 Å². The highest BCUT2D eigenvalue weighted by atomic mass is 16.3. The third-order valence-electron chi connectivity index (χ3n) is 6.01. The van der Waals surface area contributed by atoms with Gasteiger partial charge in [0.15, 0.2) is 11.6 Å². The number of aliphatic hydroxyl groups is 1. The van der Waals surface area contributed by atoms with Crippen LogP contribution in [-0.4, -0.2) is 49.1 Å². The van der Waals surface area contributed by atoms with Crippen LogP contribution in [0.2, 0.25) is 0 Å². The molecule has 5 rings (SSSR count). The van der Waals surface area contributed by atoms with Crippen LogP contribution in [0.3, 0.4) is 0 Å². The first-order chi connectivity index (χ1) is 13.7. The van der Waals surface area contributed by atoms with Crippen molar-refractivity contribution in [2.24, 2.45) is 13.0 Å². The monoisotopic (exact) mass is 378 g/mol. The van der Waals surface area contributed by atoms with E-state index in [2.05, 4.69) is 20.1 Å². The summed E-state index contributed by atoms with van der Waals surface area (Å²) in [6, 6.07) is 9.11. The van der Waals surface area contributed by atoms with Crippen molar-refractivity contribution in [2.45, 2.75) is 18.4 Å². The molecule has 1 saturated heterocycles. The zero-order valence-electron chi connectivity index (χ0n) is 15.6. The molecule has 8 nitrogen and oxygen atoms in total. The van der Waals surface area contributed by atoms with Crippen molar-refractivity contribution in [3.8, 4) is 11.5 Å². The fraction of sp³-hybridized carbons (Fsp3) is 0.400. The lowest BCUT2D eigenvalue weighted by Crippen LogP contribution is -2.50. The minimum absolute atomic E-state index is 0.0288. The molecule has 3 aromatic rings. The molecule has 3 aromatic heterocycles. The van der Waals surface area contributed by atoms with Gasteiger partial charge in [-0.15, -0.1) is 10.2 Å². The first kappa shape index (κ1) is 17.1. The summed E-state index contributed by atoms with van der Waals surface area (Å²) in [6.45, 7) is 1.50. The number of rotatable bonds is 3. The van der Waals surface area contributed by atoms with E-state index < -0.39 is 0 Å². The van der Waals surface area contributed by atoms with E-state index in [-0.39, 0.29) is 30.0 Å². The lowest BCUT2D eigenvalue weighted by Gasteiger charge is -2.46. The number of hydrogen-bond acceptors (Lipinski definition) is 6. The summed E-state index contributed by atoms with van der Waals surface area (Å²) in [5.74, 6) is 2.04. The molecule has 0 radical (unpaired) electrons. The summed E-state index contributed by atoms with van der Waals surface area (Å²) in [5.41, 5.74) is 1.71. The fourth-order valence-corrected chi connectivity index (χ4v) is 4.69.